The number of ether oxygens (including phenoxy) is 2. The van der Waals surface area contributed by atoms with Crippen LogP contribution in [0, 0.1) is 0 Å². The molecule has 1 atom stereocenters. The number of nitrogens with zero attached hydrogens (tertiary/aromatic N) is 1. The molecule has 28 heavy (non-hydrogen) atoms. The molecule has 1 N–H and O–H groups in total. The van der Waals surface area contributed by atoms with Gasteiger partial charge < -0.3 is 14.8 Å². The number of fused-ring (bicyclic) bond motifs is 1. The molecule has 2 heterocycles. The topological polar surface area (TPSA) is 50.8 Å². The normalized spacial score (nSPS) is 18.9. The van der Waals surface area contributed by atoms with Crippen molar-refractivity contribution < 1.29 is 14.3 Å². The lowest BCUT2D eigenvalue weighted by Crippen LogP contribution is -2.33. The van der Waals surface area contributed by atoms with E-state index in [2.05, 4.69) is 10.2 Å². The Hall–Kier alpha value is -1.66. The third-order valence-corrected chi connectivity index (χ3v) is 5.75. The van der Waals surface area contributed by atoms with E-state index in [9.17, 15) is 4.79 Å². The molecule has 0 saturated carbocycles. The standard InChI is InChI=1S/C20H19Cl3N2O3/c21-13-9-14(22)20(15(23)10-13)24-19(26)11-25-5-1-2-16(25)12-3-4-17-18(8-12)28-7-6-27-17/h3-4,8-10,16H,1-2,5-7,11H2,(H,24,26). The van der Waals surface area contributed by atoms with Crippen molar-refractivity contribution in [3.63, 3.8) is 0 Å². The smallest absolute Gasteiger partial charge is 0.238 e. The summed E-state index contributed by atoms with van der Waals surface area (Å²) in [5.41, 5.74) is 1.50. The maximum Gasteiger partial charge on any atom is 0.238 e. The first-order valence-corrected chi connectivity index (χ1v) is 10.2. The van der Waals surface area contributed by atoms with Crippen LogP contribution in [0.4, 0.5) is 5.69 Å². The fourth-order valence-electron chi connectivity index (χ4n) is 3.69. The molecule has 2 aromatic carbocycles. The monoisotopic (exact) mass is 440 g/mol. The van der Waals surface area contributed by atoms with Crippen LogP contribution in [-0.4, -0.2) is 37.1 Å². The highest BCUT2D eigenvalue weighted by Crippen LogP contribution is 2.38. The number of hydrogen-bond donors (Lipinski definition) is 1. The van der Waals surface area contributed by atoms with E-state index in [1.54, 1.807) is 12.1 Å². The van der Waals surface area contributed by atoms with Crippen molar-refractivity contribution in [2.75, 3.05) is 31.6 Å². The summed E-state index contributed by atoms with van der Waals surface area (Å²) in [6.45, 7) is 2.21. The van der Waals surface area contributed by atoms with Crippen LogP contribution >= 0.6 is 34.8 Å². The van der Waals surface area contributed by atoms with Gasteiger partial charge in [-0.25, -0.2) is 0 Å². The molecule has 0 radical (unpaired) electrons. The Labute approximate surface area is 178 Å². The molecule has 0 aromatic heterocycles. The van der Waals surface area contributed by atoms with Gasteiger partial charge in [-0.2, -0.15) is 0 Å². The average Bonchev–Trinajstić information content (AvgIpc) is 3.12. The molecule has 1 unspecified atom stereocenters. The minimum absolute atomic E-state index is 0.151. The molecule has 4 rings (SSSR count). The van der Waals surface area contributed by atoms with E-state index >= 15 is 0 Å². The number of rotatable bonds is 4. The number of carbonyl (C=O) groups excluding carboxylic acids is 1. The second kappa shape index (κ2) is 8.37. The van der Waals surface area contributed by atoms with Gasteiger partial charge >= 0.3 is 0 Å². The average molecular weight is 442 g/mol. The van der Waals surface area contributed by atoms with Crippen molar-refractivity contribution in [1.29, 1.82) is 0 Å². The molecule has 2 aliphatic heterocycles. The first-order valence-electron chi connectivity index (χ1n) is 9.09. The number of benzene rings is 2. The van der Waals surface area contributed by atoms with Gasteiger partial charge in [0.1, 0.15) is 13.2 Å². The third kappa shape index (κ3) is 4.18. The van der Waals surface area contributed by atoms with Crippen molar-refractivity contribution in [2.45, 2.75) is 18.9 Å². The fourth-order valence-corrected chi connectivity index (χ4v) is 4.60. The summed E-state index contributed by atoms with van der Waals surface area (Å²) in [7, 11) is 0. The summed E-state index contributed by atoms with van der Waals surface area (Å²) < 4.78 is 11.3. The Morgan fingerprint density at radius 3 is 2.54 bits per heavy atom. The van der Waals surface area contributed by atoms with Gasteiger partial charge in [0, 0.05) is 11.1 Å². The number of halogens is 3. The van der Waals surface area contributed by atoms with Crippen LogP contribution in [0.5, 0.6) is 11.5 Å². The molecule has 0 spiro atoms. The molecule has 148 valence electrons. The van der Waals surface area contributed by atoms with Crippen molar-refractivity contribution in [3.8, 4) is 11.5 Å². The van der Waals surface area contributed by atoms with Crippen LogP contribution in [-0.2, 0) is 4.79 Å². The van der Waals surface area contributed by atoms with Gasteiger partial charge in [0.2, 0.25) is 5.91 Å². The zero-order valence-electron chi connectivity index (χ0n) is 15.0. The summed E-state index contributed by atoms with van der Waals surface area (Å²) in [4.78, 5) is 14.8. The van der Waals surface area contributed by atoms with E-state index < -0.39 is 0 Å². The minimum Gasteiger partial charge on any atom is -0.486 e. The first-order chi connectivity index (χ1) is 13.5. The van der Waals surface area contributed by atoms with Crippen LogP contribution in [0.2, 0.25) is 15.1 Å². The lowest BCUT2D eigenvalue weighted by Gasteiger charge is -2.26. The highest BCUT2D eigenvalue weighted by atomic mass is 35.5. The van der Waals surface area contributed by atoms with E-state index in [0.717, 1.165) is 36.4 Å². The highest BCUT2D eigenvalue weighted by molar-refractivity contribution is 6.42. The molecule has 0 aliphatic carbocycles. The van der Waals surface area contributed by atoms with Crippen LogP contribution in [0.1, 0.15) is 24.4 Å². The summed E-state index contributed by atoms with van der Waals surface area (Å²) in [6, 6.07) is 9.26. The van der Waals surface area contributed by atoms with Crippen molar-refractivity contribution >= 4 is 46.4 Å². The van der Waals surface area contributed by atoms with Crippen molar-refractivity contribution in [2.24, 2.45) is 0 Å². The second-order valence-corrected chi connectivity index (χ2v) is 8.08. The van der Waals surface area contributed by atoms with Gasteiger partial charge in [-0.1, -0.05) is 40.9 Å². The van der Waals surface area contributed by atoms with E-state index in [0.29, 0.717) is 34.0 Å². The van der Waals surface area contributed by atoms with Crippen molar-refractivity contribution in [3.05, 3.63) is 51.0 Å². The molecule has 1 fully saturated rings. The Bertz CT molecular complexity index is 883. The van der Waals surface area contributed by atoms with Gasteiger partial charge in [-0.15, -0.1) is 0 Å². The molecule has 1 saturated heterocycles. The number of amides is 1. The number of likely N-dealkylation sites (tertiary alicyclic amines) is 1. The zero-order valence-corrected chi connectivity index (χ0v) is 17.3. The summed E-state index contributed by atoms with van der Waals surface area (Å²) >= 11 is 18.3. The number of anilines is 1. The summed E-state index contributed by atoms with van der Waals surface area (Å²) in [6.07, 6.45) is 2.00. The van der Waals surface area contributed by atoms with Gasteiger partial charge in [-0.05, 0) is 49.2 Å². The Kier molecular flexibility index (Phi) is 5.88. The predicted octanol–water partition coefficient (Wildman–Crippen LogP) is 5.19. The number of nitrogens with one attached hydrogen (secondary N) is 1. The molecule has 1 amide bonds. The van der Waals surface area contributed by atoms with Gasteiger partial charge in [0.25, 0.3) is 0 Å². The number of carbonyl (C=O) groups is 1. The van der Waals surface area contributed by atoms with E-state index in [-0.39, 0.29) is 18.5 Å². The van der Waals surface area contributed by atoms with Crippen LogP contribution in [0.3, 0.4) is 0 Å². The Morgan fingerprint density at radius 1 is 1.07 bits per heavy atom. The Morgan fingerprint density at radius 2 is 1.79 bits per heavy atom. The second-order valence-electron chi connectivity index (χ2n) is 6.82. The first kappa shape index (κ1) is 19.6. The molecule has 2 aromatic rings. The molecular weight excluding hydrogens is 423 g/mol. The van der Waals surface area contributed by atoms with Gasteiger partial charge in [0.15, 0.2) is 11.5 Å². The number of hydrogen-bond acceptors (Lipinski definition) is 4. The van der Waals surface area contributed by atoms with Crippen LogP contribution in [0.25, 0.3) is 0 Å². The maximum absolute atomic E-state index is 12.6. The van der Waals surface area contributed by atoms with Crippen LogP contribution in [0.15, 0.2) is 30.3 Å². The summed E-state index contributed by atoms with van der Waals surface area (Å²) in [5, 5.41) is 3.86. The lowest BCUT2D eigenvalue weighted by molar-refractivity contribution is -0.117. The molecule has 0 bridgehead atoms. The van der Waals surface area contributed by atoms with Gasteiger partial charge in [0.05, 0.1) is 22.3 Å². The molecule has 2 aliphatic rings. The Balaban J connectivity index is 1.46. The highest BCUT2D eigenvalue weighted by Gasteiger charge is 2.29. The third-order valence-electron chi connectivity index (χ3n) is 4.93. The SMILES string of the molecule is O=C(CN1CCCC1c1ccc2c(c1)OCCO2)Nc1c(Cl)cc(Cl)cc1Cl. The quantitative estimate of drug-likeness (QED) is 0.709. The lowest BCUT2D eigenvalue weighted by atomic mass is 10.0. The van der Waals surface area contributed by atoms with E-state index in [1.165, 1.54) is 0 Å². The van der Waals surface area contributed by atoms with Gasteiger partial charge in [-0.3, -0.25) is 9.69 Å². The molecule has 8 heteroatoms. The summed E-state index contributed by atoms with van der Waals surface area (Å²) in [5.74, 6) is 1.36. The van der Waals surface area contributed by atoms with E-state index in [1.807, 2.05) is 18.2 Å². The largest absolute Gasteiger partial charge is 0.486 e. The predicted molar refractivity (Wildman–Crippen MR) is 111 cm³/mol. The molecule has 5 nitrogen and oxygen atoms in total. The molecular formula is C20H19Cl3N2O3. The van der Waals surface area contributed by atoms with Crippen molar-refractivity contribution in [1.82, 2.24) is 4.90 Å². The minimum atomic E-state index is -0.171. The van der Waals surface area contributed by atoms with E-state index in [4.69, 9.17) is 44.3 Å². The fraction of sp³-hybridized carbons (Fsp3) is 0.350. The zero-order chi connectivity index (χ0) is 19.7. The maximum atomic E-state index is 12.6. The van der Waals surface area contributed by atoms with Crippen LogP contribution < -0.4 is 14.8 Å².